The third-order valence-corrected chi connectivity index (χ3v) is 4.23. The highest BCUT2D eigenvalue weighted by atomic mass is 19.4. The lowest BCUT2D eigenvalue weighted by molar-refractivity contribution is -0.146. The Morgan fingerprint density at radius 2 is 1.52 bits per heavy atom. The number of hydrogen-bond acceptors (Lipinski definition) is 4. The monoisotopic (exact) mass is 386 g/mol. The van der Waals surface area contributed by atoms with Crippen LogP contribution in [-0.4, -0.2) is 60.4 Å². The molecule has 0 aromatic heterocycles. The molecule has 0 bridgehead atoms. The maximum Gasteiger partial charge on any atom is 0.416 e. The van der Waals surface area contributed by atoms with Crippen LogP contribution in [0.3, 0.4) is 0 Å². The van der Waals surface area contributed by atoms with Crippen LogP contribution in [0.25, 0.3) is 0 Å². The van der Waals surface area contributed by atoms with E-state index >= 15 is 0 Å². The lowest BCUT2D eigenvalue weighted by Crippen LogP contribution is -2.50. The predicted octanol–water partition coefficient (Wildman–Crippen LogP) is 2.33. The van der Waals surface area contributed by atoms with Crippen molar-refractivity contribution in [3.63, 3.8) is 0 Å². The molecule has 27 heavy (non-hydrogen) atoms. The highest BCUT2D eigenvalue weighted by Gasteiger charge is 2.31. The molecule has 1 aromatic rings. The highest BCUT2D eigenvalue weighted by Crippen LogP contribution is 2.29. The molecule has 6 nitrogen and oxygen atoms in total. The minimum absolute atomic E-state index is 0.0113. The Hall–Kier alpha value is -2.58. The first-order valence-electron chi connectivity index (χ1n) is 8.62. The SMILES string of the molecule is CCOC(=O)CCC(=O)N1CCN(C(=O)c2ccc(C(F)(F)F)cc2)CC1. The molecule has 1 saturated heterocycles. The van der Waals surface area contributed by atoms with Gasteiger partial charge in [0.15, 0.2) is 0 Å². The van der Waals surface area contributed by atoms with Crippen molar-refractivity contribution in [2.45, 2.75) is 25.9 Å². The maximum atomic E-state index is 12.6. The molecule has 1 aliphatic rings. The summed E-state index contributed by atoms with van der Waals surface area (Å²) >= 11 is 0. The average Bonchev–Trinajstić information content (AvgIpc) is 2.65. The second-order valence-corrected chi connectivity index (χ2v) is 6.05. The largest absolute Gasteiger partial charge is 0.466 e. The number of esters is 1. The molecule has 0 spiro atoms. The van der Waals surface area contributed by atoms with Gasteiger partial charge in [-0.2, -0.15) is 13.2 Å². The zero-order chi connectivity index (χ0) is 20.0. The normalized spacial score (nSPS) is 14.8. The van der Waals surface area contributed by atoms with Gasteiger partial charge in [-0.05, 0) is 31.2 Å². The second kappa shape index (κ2) is 8.88. The predicted molar refractivity (Wildman–Crippen MR) is 89.8 cm³/mol. The van der Waals surface area contributed by atoms with Crippen molar-refractivity contribution >= 4 is 17.8 Å². The number of piperazine rings is 1. The summed E-state index contributed by atoms with van der Waals surface area (Å²) in [6.07, 6.45) is -4.39. The van der Waals surface area contributed by atoms with Crippen LogP contribution in [0.5, 0.6) is 0 Å². The van der Waals surface area contributed by atoms with E-state index in [-0.39, 0.29) is 49.9 Å². The highest BCUT2D eigenvalue weighted by molar-refractivity contribution is 5.94. The summed E-state index contributed by atoms with van der Waals surface area (Å²) in [6.45, 7) is 3.14. The van der Waals surface area contributed by atoms with E-state index in [2.05, 4.69) is 0 Å². The summed E-state index contributed by atoms with van der Waals surface area (Å²) in [6, 6.07) is 4.06. The van der Waals surface area contributed by atoms with E-state index in [1.807, 2.05) is 0 Å². The molecule has 0 saturated carbocycles. The molecular formula is C18H21F3N2O4. The quantitative estimate of drug-likeness (QED) is 0.729. The van der Waals surface area contributed by atoms with Crippen LogP contribution < -0.4 is 0 Å². The fraction of sp³-hybridized carbons (Fsp3) is 0.500. The van der Waals surface area contributed by atoms with E-state index in [0.29, 0.717) is 13.1 Å². The fourth-order valence-electron chi connectivity index (χ4n) is 2.74. The molecule has 0 atom stereocenters. The molecule has 1 aromatic carbocycles. The molecule has 9 heteroatoms. The third kappa shape index (κ3) is 5.70. The molecule has 0 aliphatic carbocycles. The zero-order valence-electron chi connectivity index (χ0n) is 14.9. The Labute approximate surface area is 154 Å². The molecule has 0 unspecified atom stereocenters. The van der Waals surface area contributed by atoms with Crippen molar-refractivity contribution in [2.75, 3.05) is 32.8 Å². The van der Waals surface area contributed by atoms with Crippen molar-refractivity contribution < 1.29 is 32.3 Å². The molecule has 148 valence electrons. The van der Waals surface area contributed by atoms with E-state index in [4.69, 9.17) is 4.74 Å². The van der Waals surface area contributed by atoms with Gasteiger partial charge < -0.3 is 14.5 Å². The van der Waals surface area contributed by atoms with E-state index in [9.17, 15) is 27.6 Å². The topological polar surface area (TPSA) is 66.9 Å². The second-order valence-electron chi connectivity index (χ2n) is 6.05. The number of carbonyl (C=O) groups is 3. The van der Waals surface area contributed by atoms with Gasteiger partial charge in [-0.3, -0.25) is 14.4 Å². The summed E-state index contributed by atoms with van der Waals surface area (Å²) in [5.74, 6) is -0.992. The van der Waals surface area contributed by atoms with E-state index < -0.39 is 17.7 Å². The van der Waals surface area contributed by atoms with Gasteiger partial charge in [0.25, 0.3) is 5.91 Å². The van der Waals surface area contributed by atoms with Gasteiger partial charge in [0.2, 0.25) is 5.91 Å². The number of amides is 2. The van der Waals surface area contributed by atoms with Crippen LogP contribution in [0.15, 0.2) is 24.3 Å². The van der Waals surface area contributed by atoms with Gasteiger partial charge >= 0.3 is 12.1 Å². The van der Waals surface area contributed by atoms with Crippen molar-refractivity contribution in [3.05, 3.63) is 35.4 Å². The summed E-state index contributed by atoms with van der Waals surface area (Å²) in [4.78, 5) is 38.9. The Morgan fingerprint density at radius 3 is 2.04 bits per heavy atom. The Morgan fingerprint density at radius 1 is 0.963 bits per heavy atom. The molecule has 1 fully saturated rings. The Bertz CT molecular complexity index is 681. The van der Waals surface area contributed by atoms with Crippen LogP contribution in [-0.2, 0) is 20.5 Å². The number of hydrogen-bond donors (Lipinski definition) is 0. The van der Waals surface area contributed by atoms with Gasteiger partial charge in [0.05, 0.1) is 18.6 Å². The van der Waals surface area contributed by atoms with E-state index in [1.165, 1.54) is 4.90 Å². The summed E-state index contributed by atoms with van der Waals surface area (Å²) in [7, 11) is 0. The van der Waals surface area contributed by atoms with Gasteiger partial charge in [-0.15, -0.1) is 0 Å². The number of halogens is 3. The molecule has 0 N–H and O–H groups in total. The van der Waals surface area contributed by atoms with Gasteiger partial charge in [0.1, 0.15) is 0 Å². The maximum absolute atomic E-state index is 12.6. The number of nitrogens with zero attached hydrogens (tertiary/aromatic N) is 2. The van der Waals surface area contributed by atoms with E-state index in [1.54, 1.807) is 11.8 Å². The average molecular weight is 386 g/mol. The lowest BCUT2D eigenvalue weighted by Gasteiger charge is -2.35. The molecule has 2 rings (SSSR count). The molecule has 1 heterocycles. The fourth-order valence-corrected chi connectivity index (χ4v) is 2.74. The van der Waals surface area contributed by atoms with Gasteiger partial charge in [0, 0.05) is 38.2 Å². The van der Waals surface area contributed by atoms with Gasteiger partial charge in [-0.25, -0.2) is 0 Å². The molecular weight excluding hydrogens is 365 g/mol. The van der Waals surface area contributed by atoms with Gasteiger partial charge in [-0.1, -0.05) is 0 Å². The first kappa shape index (κ1) is 20.7. The standard InChI is InChI=1S/C18H21F3N2O4/c1-2-27-16(25)8-7-15(24)22-9-11-23(12-10-22)17(26)13-3-5-14(6-4-13)18(19,20)21/h3-6H,2,7-12H2,1H3. The number of alkyl halides is 3. The van der Waals surface area contributed by atoms with Crippen molar-refractivity contribution in [1.29, 1.82) is 0 Å². The Balaban J connectivity index is 1.85. The van der Waals surface area contributed by atoms with Crippen LogP contribution in [0.1, 0.15) is 35.7 Å². The molecule has 2 amide bonds. The van der Waals surface area contributed by atoms with Crippen molar-refractivity contribution in [3.8, 4) is 0 Å². The summed E-state index contributed by atoms with van der Waals surface area (Å²) < 4.78 is 42.5. The van der Waals surface area contributed by atoms with Crippen LogP contribution in [0, 0.1) is 0 Å². The summed E-state index contributed by atoms with van der Waals surface area (Å²) in [5, 5.41) is 0. The van der Waals surface area contributed by atoms with Crippen LogP contribution in [0.4, 0.5) is 13.2 Å². The molecule has 0 radical (unpaired) electrons. The minimum Gasteiger partial charge on any atom is -0.466 e. The van der Waals surface area contributed by atoms with Crippen LogP contribution in [0.2, 0.25) is 0 Å². The summed E-state index contributed by atoms with van der Waals surface area (Å²) in [5.41, 5.74) is -0.638. The van der Waals surface area contributed by atoms with Crippen molar-refractivity contribution in [1.82, 2.24) is 9.80 Å². The minimum atomic E-state index is -4.45. The number of carbonyl (C=O) groups excluding carboxylic acids is 3. The third-order valence-electron chi connectivity index (χ3n) is 4.23. The zero-order valence-corrected chi connectivity index (χ0v) is 14.9. The first-order valence-corrected chi connectivity index (χ1v) is 8.62. The van der Waals surface area contributed by atoms with Crippen molar-refractivity contribution in [2.24, 2.45) is 0 Å². The Kier molecular flexibility index (Phi) is 6.81. The smallest absolute Gasteiger partial charge is 0.416 e. The van der Waals surface area contributed by atoms with Crippen LogP contribution >= 0.6 is 0 Å². The first-order chi connectivity index (χ1) is 12.7. The number of ether oxygens (including phenoxy) is 1. The number of rotatable bonds is 5. The van der Waals surface area contributed by atoms with E-state index in [0.717, 1.165) is 24.3 Å². The lowest BCUT2D eigenvalue weighted by atomic mass is 10.1. The number of benzene rings is 1. The molecule has 1 aliphatic heterocycles.